The lowest BCUT2D eigenvalue weighted by Crippen LogP contribution is -2.51. The predicted molar refractivity (Wildman–Crippen MR) is 127 cm³/mol. The third kappa shape index (κ3) is 2.90. The Bertz CT molecular complexity index is 1490. The number of hydrogen-bond donors (Lipinski definition) is 1. The van der Waals surface area contributed by atoms with E-state index in [9.17, 15) is 4.79 Å². The van der Waals surface area contributed by atoms with Crippen molar-refractivity contribution < 1.29 is 0 Å². The van der Waals surface area contributed by atoms with Gasteiger partial charge in [-0.15, -0.1) is 0 Å². The SMILES string of the molecule is CC1CN(c2ncnc3nc[nH]c23)C1c1nn2ccc(Cl)c2c(=O)n1-c1ccccc1.S. The number of para-hydroxylation sites is 1. The number of anilines is 1. The molecule has 6 rings (SSSR count). The summed E-state index contributed by atoms with van der Waals surface area (Å²) in [6.45, 7) is 2.91. The molecule has 9 nitrogen and oxygen atoms in total. The summed E-state index contributed by atoms with van der Waals surface area (Å²) in [5.74, 6) is 1.62. The lowest BCUT2D eigenvalue weighted by Gasteiger charge is -2.47. The minimum Gasteiger partial charge on any atom is -0.344 e. The first-order chi connectivity index (χ1) is 15.1. The summed E-state index contributed by atoms with van der Waals surface area (Å²) >= 11 is 6.31. The van der Waals surface area contributed by atoms with E-state index in [4.69, 9.17) is 16.7 Å². The van der Waals surface area contributed by atoms with Crippen molar-refractivity contribution in [1.82, 2.24) is 34.1 Å². The van der Waals surface area contributed by atoms with Gasteiger partial charge in [0.25, 0.3) is 5.56 Å². The summed E-state index contributed by atoms with van der Waals surface area (Å²) in [7, 11) is 0. The van der Waals surface area contributed by atoms with E-state index in [0.717, 1.165) is 23.6 Å². The molecule has 0 bridgehead atoms. The van der Waals surface area contributed by atoms with Crippen molar-refractivity contribution in [2.45, 2.75) is 13.0 Å². The highest BCUT2D eigenvalue weighted by Gasteiger charge is 2.42. The summed E-state index contributed by atoms with van der Waals surface area (Å²) in [5, 5.41) is 5.21. The summed E-state index contributed by atoms with van der Waals surface area (Å²) < 4.78 is 3.22. The van der Waals surface area contributed by atoms with E-state index in [-0.39, 0.29) is 31.0 Å². The number of nitrogens with zero attached hydrogens (tertiary/aromatic N) is 7. The van der Waals surface area contributed by atoms with Gasteiger partial charge in [-0.1, -0.05) is 36.7 Å². The summed E-state index contributed by atoms with van der Waals surface area (Å²) in [6.07, 6.45) is 4.82. The number of nitrogens with one attached hydrogen (secondary N) is 1. The minimum atomic E-state index is -0.209. The van der Waals surface area contributed by atoms with Gasteiger partial charge in [0.2, 0.25) is 0 Å². The zero-order valence-corrected chi connectivity index (χ0v) is 18.7. The van der Waals surface area contributed by atoms with E-state index in [1.165, 1.54) is 6.33 Å². The number of aromatic nitrogens is 7. The molecule has 0 amide bonds. The van der Waals surface area contributed by atoms with Crippen LogP contribution in [0.2, 0.25) is 5.02 Å². The topological polar surface area (TPSA) is 97.0 Å². The van der Waals surface area contributed by atoms with Crippen LogP contribution >= 0.6 is 25.1 Å². The van der Waals surface area contributed by atoms with E-state index in [2.05, 4.69) is 31.8 Å². The fourth-order valence-electron chi connectivity index (χ4n) is 4.34. The van der Waals surface area contributed by atoms with Gasteiger partial charge in [0.1, 0.15) is 17.4 Å². The minimum absolute atomic E-state index is 0. The second kappa shape index (κ2) is 7.64. The largest absolute Gasteiger partial charge is 0.344 e. The van der Waals surface area contributed by atoms with Crippen molar-refractivity contribution in [1.29, 1.82) is 0 Å². The average Bonchev–Trinajstić information content (AvgIpc) is 3.39. The molecule has 5 aromatic rings. The van der Waals surface area contributed by atoms with Crippen LogP contribution in [0.15, 0.2) is 60.0 Å². The lowest BCUT2D eigenvalue weighted by molar-refractivity contribution is 0.301. The molecule has 0 radical (unpaired) electrons. The van der Waals surface area contributed by atoms with Gasteiger partial charge in [-0.3, -0.25) is 9.36 Å². The molecule has 1 aliphatic rings. The molecule has 5 heterocycles. The van der Waals surface area contributed by atoms with Gasteiger partial charge < -0.3 is 9.88 Å². The first-order valence-electron chi connectivity index (χ1n) is 9.89. The van der Waals surface area contributed by atoms with Crippen LogP contribution in [0.1, 0.15) is 18.8 Å². The predicted octanol–water partition coefficient (Wildman–Crippen LogP) is 3.12. The highest BCUT2D eigenvalue weighted by molar-refractivity contribution is 7.59. The molecular weight excluding hydrogens is 448 g/mol. The van der Waals surface area contributed by atoms with Crippen molar-refractivity contribution in [2.75, 3.05) is 11.4 Å². The smallest absolute Gasteiger partial charge is 0.284 e. The third-order valence-electron chi connectivity index (χ3n) is 5.78. The van der Waals surface area contributed by atoms with Gasteiger partial charge in [0, 0.05) is 18.7 Å². The average molecular weight is 467 g/mol. The van der Waals surface area contributed by atoms with Crippen LogP contribution in [-0.4, -0.2) is 40.7 Å². The van der Waals surface area contributed by atoms with Crippen LogP contribution in [0.4, 0.5) is 5.82 Å². The summed E-state index contributed by atoms with van der Waals surface area (Å²) in [5.41, 5.74) is 2.25. The number of halogens is 1. The molecule has 1 saturated heterocycles. The molecule has 0 saturated carbocycles. The van der Waals surface area contributed by atoms with Gasteiger partial charge in [-0.25, -0.2) is 19.5 Å². The molecule has 2 atom stereocenters. The molecule has 11 heteroatoms. The monoisotopic (exact) mass is 466 g/mol. The Morgan fingerprint density at radius 3 is 2.72 bits per heavy atom. The fourth-order valence-corrected chi connectivity index (χ4v) is 4.56. The Hall–Kier alpha value is -3.37. The van der Waals surface area contributed by atoms with Gasteiger partial charge in [0.05, 0.1) is 23.1 Å². The van der Waals surface area contributed by atoms with Crippen molar-refractivity contribution in [3.05, 3.63) is 76.5 Å². The molecule has 0 aliphatic carbocycles. The van der Waals surface area contributed by atoms with Gasteiger partial charge in [0.15, 0.2) is 17.3 Å². The van der Waals surface area contributed by atoms with Crippen LogP contribution in [0.5, 0.6) is 0 Å². The van der Waals surface area contributed by atoms with Crippen LogP contribution < -0.4 is 10.5 Å². The Morgan fingerprint density at radius 2 is 1.94 bits per heavy atom. The molecule has 1 N–H and O–H groups in total. The van der Waals surface area contributed by atoms with E-state index in [1.807, 2.05) is 30.3 Å². The standard InChI is InChI=1S/C21H17ClN8O.H2S/c1-12-9-28(19-15-18(24-10-23-15)25-11-26-19)16(12)20-27-29-8-7-14(22)17(29)21(31)30(20)13-5-3-2-4-6-13;/h2-8,10-12,16H,9H2,1H3,(H,23,24,25,26);1H2. The Kier molecular flexibility index (Phi) is 4.90. The Balaban J connectivity index is 0.00000216. The zero-order chi connectivity index (χ0) is 21.1. The van der Waals surface area contributed by atoms with Gasteiger partial charge in [-0.05, 0) is 18.2 Å². The molecule has 1 aliphatic heterocycles. The maximum Gasteiger partial charge on any atom is 0.284 e. The van der Waals surface area contributed by atoms with Gasteiger partial charge >= 0.3 is 0 Å². The van der Waals surface area contributed by atoms with Crippen LogP contribution in [0.25, 0.3) is 22.4 Å². The summed E-state index contributed by atoms with van der Waals surface area (Å²) in [6, 6.07) is 11.0. The molecular formula is C21H19ClN8OS. The molecule has 32 heavy (non-hydrogen) atoms. The zero-order valence-electron chi connectivity index (χ0n) is 17.0. The van der Waals surface area contributed by atoms with Crippen molar-refractivity contribution in [2.24, 2.45) is 5.92 Å². The highest BCUT2D eigenvalue weighted by atomic mass is 35.5. The van der Waals surface area contributed by atoms with Crippen molar-refractivity contribution >= 4 is 47.6 Å². The number of fused-ring (bicyclic) bond motifs is 2. The Labute approximate surface area is 194 Å². The third-order valence-corrected chi connectivity index (χ3v) is 6.08. The molecule has 2 unspecified atom stereocenters. The molecule has 162 valence electrons. The Morgan fingerprint density at radius 1 is 1.12 bits per heavy atom. The van der Waals surface area contributed by atoms with Gasteiger partial charge in [-0.2, -0.15) is 18.6 Å². The summed E-state index contributed by atoms with van der Waals surface area (Å²) in [4.78, 5) is 31.8. The highest BCUT2D eigenvalue weighted by Crippen LogP contribution is 2.42. The van der Waals surface area contributed by atoms with Crippen molar-refractivity contribution in [3.8, 4) is 5.69 Å². The van der Waals surface area contributed by atoms with E-state index < -0.39 is 0 Å². The lowest BCUT2D eigenvalue weighted by atomic mass is 9.89. The molecule has 0 spiro atoms. The van der Waals surface area contributed by atoms with E-state index >= 15 is 0 Å². The van der Waals surface area contributed by atoms with Crippen LogP contribution in [-0.2, 0) is 0 Å². The second-order valence-electron chi connectivity index (χ2n) is 7.66. The maximum absolute atomic E-state index is 13.6. The number of benzene rings is 1. The van der Waals surface area contributed by atoms with Crippen LogP contribution in [0.3, 0.4) is 0 Å². The van der Waals surface area contributed by atoms with Crippen molar-refractivity contribution in [3.63, 3.8) is 0 Å². The number of aromatic amines is 1. The van der Waals surface area contributed by atoms with Crippen LogP contribution in [0, 0.1) is 5.92 Å². The molecule has 1 aromatic carbocycles. The number of rotatable bonds is 3. The number of imidazole rings is 1. The van der Waals surface area contributed by atoms with E-state index in [0.29, 0.717) is 22.0 Å². The normalized spacial score (nSPS) is 18.0. The molecule has 4 aromatic heterocycles. The first kappa shape index (κ1) is 20.5. The first-order valence-corrected chi connectivity index (χ1v) is 10.3. The van der Waals surface area contributed by atoms with E-state index in [1.54, 1.807) is 27.7 Å². The number of H-pyrrole nitrogens is 1. The molecule has 1 fully saturated rings. The maximum atomic E-state index is 13.6. The second-order valence-corrected chi connectivity index (χ2v) is 8.07. The fraction of sp³-hybridized carbons (Fsp3) is 0.190. The number of hydrogen-bond acceptors (Lipinski definition) is 6. The quantitative estimate of drug-likeness (QED) is 0.439.